The summed E-state index contributed by atoms with van der Waals surface area (Å²) in [6.07, 6.45) is -4.26. The fourth-order valence-electron chi connectivity index (χ4n) is 2.28. The number of amides is 1. The molecule has 1 unspecified atom stereocenters. The van der Waals surface area contributed by atoms with Crippen molar-refractivity contribution in [3.63, 3.8) is 0 Å². The van der Waals surface area contributed by atoms with E-state index in [4.69, 9.17) is 5.73 Å². The van der Waals surface area contributed by atoms with E-state index in [1.165, 1.54) is 17.0 Å². The number of nitrogens with zero attached hydrogens (tertiary/aromatic N) is 1. The minimum absolute atomic E-state index is 0.0616. The fraction of sp³-hybridized carbons (Fsp3) is 0.462. The van der Waals surface area contributed by atoms with Crippen molar-refractivity contribution in [1.82, 2.24) is 0 Å². The zero-order valence-corrected chi connectivity index (χ0v) is 10.5. The number of rotatable bonds is 2. The second-order valence-electron chi connectivity index (χ2n) is 4.83. The maximum absolute atomic E-state index is 13.0. The number of aryl methyl sites for hydroxylation is 1. The number of carbonyl (C=O) groups is 1. The Bertz CT molecular complexity index is 499. The van der Waals surface area contributed by atoms with E-state index in [1.807, 2.05) is 0 Å². The van der Waals surface area contributed by atoms with Gasteiger partial charge < -0.3 is 10.6 Å². The molecular formula is C13H15F3N2O. The first-order chi connectivity index (χ1) is 8.82. The fourth-order valence-corrected chi connectivity index (χ4v) is 2.28. The molecule has 1 aromatic carbocycles. The van der Waals surface area contributed by atoms with Crippen LogP contribution >= 0.6 is 0 Å². The van der Waals surface area contributed by atoms with Crippen LogP contribution in [0, 0.1) is 12.8 Å². The number of alkyl halides is 3. The van der Waals surface area contributed by atoms with Crippen molar-refractivity contribution in [3.8, 4) is 0 Å². The Morgan fingerprint density at radius 2 is 2.11 bits per heavy atom. The first-order valence-corrected chi connectivity index (χ1v) is 6.01. The van der Waals surface area contributed by atoms with E-state index >= 15 is 0 Å². The number of nitrogens with two attached hydrogens (primary N) is 1. The molecule has 19 heavy (non-hydrogen) atoms. The number of benzene rings is 1. The van der Waals surface area contributed by atoms with Gasteiger partial charge in [0.2, 0.25) is 5.91 Å². The van der Waals surface area contributed by atoms with Crippen molar-refractivity contribution < 1.29 is 18.0 Å². The summed E-state index contributed by atoms with van der Waals surface area (Å²) < 4.78 is 38.9. The topological polar surface area (TPSA) is 46.3 Å². The number of hydrogen-bond acceptors (Lipinski definition) is 2. The average Bonchev–Trinajstić information content (AvgIpc) is 2.68. The third-order valence-corrected chi connectivity index (χ3v) is 3.29. The third-order valence-electron chi connectivity index (χ3n) is 3.29. The Morgan fingerprint density at radius 3 is 2.63 bits per heavy atom. The van der Waals surface area contributed by atoms with Crippen molar-refractivity contribution in [2.45, 2.75) is 19.5 Å². The van der Waals surface area contributed by atoms with Crippen LogP contribution in [0.25, 0.3) is 0 Å². The molecular weight excluding hydrogens is 257 g/mol. The molecule has 1 fully saturated rings. The van der Waals surface area contributed by atoms with Gasteiger partial charge in [0.25, 0.3) is 0 Å². The predicted octanol–water partition coefficient (Wildman–Crippen LogP) is 2.33. The van der Waals surface area contributed by atoms with Gasteiger partial charge in [-0.05, 0) is 37.1 Å². The van der Waals surface area contributed by atoms with Gasteiger partial charge in [0.15, 0.2) is 0 Å². The zero-order valence-electron chi connectivity index (χ0n) is 10.5. The summed E-state index contributed by atoms with van der Waals surface area (Å²) in [5.74, 6) is -0.374. The van der Waals surface area contributed by atoms with Crippen molar-refractivity contribution in [2.75, 3.05) is 18.0 Å². The Labute approximate surface area is 109 Å². The molecule has 1 aromatic rings. The molecule has 0 saturated carbocycles. The highest BCUT2D eigenvalue weighted by Gasteiger charge is 2.38. The number of carbonyl (C=O) groups excluding carboxylic acids is 1. The summed E-state index contributed by atoms with van der Waals surface area (Å²) in [6.45, 7) is 2.25. The molecule has 104 valence electrons. The predicted molar refractivity (Wildman–Crippen MR) is 65.7 cm³/mol. The van der Waals surface area contributed by atoms with Crippen molar-refractivity contribution in [2.24, 2.45) is 11.7 Å². The molecule has 0 aromatic heterocycles. The molecule has 2 N–H and O–H groups in total. The molecule has 3 nitrogen and oxygen atoms in total. The van der Waals surface area contributed by atoms with Crippen molar-refractivity contribution in [3.05, 3.63) is 29.3 Å². The zero-order chi connectivity index (χ0) is 14.2. The van der Waals surface area contributed by atoms with Crippen LogP contribution in [0.2, 0.25) is 0 Å². The lowest BCUT2D eigenvalue weighted by atomic mass is 10.1. The SMILES string of the molecule is Cc1ccc(C(F)(F)F)c(N2CC(CN)CC2=O)c1. The molecule has 0 radical (unpaired) electrons. The van der Waals surface area contributed by atoms with Gasteiger partial charge in [0, 0.05) is 13.0 Å². The highest BCUT2D eigenvalue weighted by Crippen LogP contribution is 2.39. The summed E-state index contributed by atoms with van der Waals surface area (Å²) in [7, 11) is 0. The third kappa shape index (κ3) is 2.73. The first kappa shape index (κ1) is 13.9. The Kier molecular flexibility index (Phi) is 3.54. The van der Waals surface area contributed by atoms with Gasteiger partial charge in [-0.2, -0.15) is 13.2 Å². The molecule has 1 atom stereocenters. The lowest BCUT2D eigenvalue weighted by Gasteiger charge is -2.22. The largest absolute Gasteiger partial charge is 0.418 e. The summed E-state index contributed by atoms with van der Waals surface area (Å²) in [4.78, 5) is 13.0. The smallest absolute Gasteiger partial charge is 0.330 e. The molecule has 0 spiro atoms. The van der Waals surface area contributed by atoms with E-state index in [-0.39, 0.29) is 30.5 Å². The Balaban J connectivity index is 2.44. The van der Waals surface area contributed by atoms with Gasteiger partial charge in [0.1, 0.15) is 0 Å². The number of anilines is 1. The minimum Gasteiger partial charge on any atom is -0.330 e. The second-order valence-corrected chi connectivity index (χ2v) is 4.83. The van der Waals surface area contributed by atoms with E-state index < -0.39 is 11.7 Å². The van der Waals surface area contributed by atoms with Crippen LogP contribution in [0.3, 0.4) is 0 Å². The molecule has 6 heteroatoms. The first-order valence-electron chi connectivity index (χ1n) is 6.01. The van der Waals surface area contributed by atoms with Crippen LogP contribution in [0.4, 0.5) is 18.9 Å². The number of halogens is 3. The summed E-state index contributed by atoms with van der Waals surface area (Å²) in [5.41, 5.74) is 5.34. The van der Waals surface area contributed by atoms with Crippen LogP contribution < -0.4 is 10.6 Å². The maximum atomic E-state index is 13.0. The number of hydrogen-bond donors (Lipinski definition) is 1. The minimum atomic E-state index is -4.47. The van der Waals surface area contributed by atoms with Gasteiger partial charge in [-0.3, -0.25) is 4.79 Å². The monoisotopic (exact) mass is 272 g/mol. The van der Waals surface area contributed by atoms with Gasteiger partial charge >= 0.3 is 6.18 Å². The van der Waals surface area contributed by atoms with E-state index in [0.717, 1.165) is 6.07 Å². The van der Waals surface area contributed by atoms with Gasteiger partial charge in [-0.15, -0.1) is 0 Å². The van der Waals surface area contributed by atoms with E-state index in [9.17, 15) is 18.0 Å². The molecule has 0 bridgehead atoms. The van der Waals surface area contributed by atoms with Gasteiger partial charge in [-0.1, -0.05) is 6.07 Å². The van der Waals surface area contributed by atoms with Gasteiger partial charge in [0.05, 0.1) is 11.3 Å². The Morgan fingerprint density at radius 1 is 1.42 bits per heavy atom. The lowest BCUT2D eigenvalue weighted by molar-refractivity contribution is -0.137. The van der Waals surface area contributed by atoms with Crippen LogP contribution in [0.5, 0.6) is 0 Å². The summed E-state index contributed by atoms with van der Waals surface area (Å²) in [5, 5.41) is 0. The quantitative estimate of drug-likeness (QED) is 0.898. The van der Waals surface area contributed by atoms with E-state index in [0.29, 0.717) is 12.1 Å². The van der Waals surface area contributed by atoms with Crippen LogP contribution in [-0.2, 0) is 11.0 Å². The van der Waals surface area contributed by atoms with Gasteiger partial charge in [-0.25, -0.2) is 0 Å². The normalized spacial score (nSPS) is 20.2. The van der Waals surface area contributed by atoms with Crippen LogP contribution in [-0.4, -0.2) is 19.0 Å². The Hall–Kier alpha value is -1.56. The molecule has 1 aliphatic heterocycles. The van der Waals surface area contributed by atoms with E-state index in [1.54, 1.807) is 6.92 Å². The van der Waals surface area contributed by atoms with Crippen molar-refractivity contribution in [1.29, 1.82) is 0 Å². The molecule has 1 heterocycles. The highest BCUT2D eigenvalue weighted by atomic mass is 19.4. The standard InChI is InChI=1S/C13H15F3N2O/c1-8-2-3-10(13(14,15)16)11(4-8)18-7-9(6-17)5-12(18)19/h2-4,9H,5-7,17H2,1H3. The van der Waals surface area contributed by atoms with Crippen LogP contribution in [0.1, 0.15) is 17.5 Å². The maximum Gasteiger partial charge on any atom is 0.418 e. The van der Waals surface area contributed by atoms with Crippen LogP contribution in [0.15, 0.2) is 18.2 Å². The molecule has 1 aliphatic rings. The molecule has 0 aliphatic carbocycles. The average molecular weight is 272 g/mol. The van der Waals surface area contributed by atoms with E-state index in [2.05, 4.69) is 0 Å². The van der Waals surface area contributed by atoms with Crippen molar-refractivity contribution >= 4 is 11.6 Å². The molecule has 2 rings (SSSR count). The molecule has 1 amide bonds. The summed E-state index contributed by atoms with van der Waals surface area (Å²) >= 11 is 0. The molecule has 1 saturated heterocycles. The summed E-state index contributed by atoms with van der Waals surface area (Å²) in [6, 6.07) is 3.82. The second kappa shape index (κ2) is 4.85. The highest BCUT2D eigenvalue weighted by molar-refractivity contribution is 5.96. The lowest BCUT2D eigenvalue weighted by Crippen LogP contribution is -2.28.